The molecule has 1 aliphatic rings. The Kier molecular flexibility index (Phi) is 4.69. The minimum atomic E-state index is -1.19. The number of carbonyl (C=O) groups is 3. The van der Waals surface area contributed by atoms with Crippen LogP contribution in [-0.2, 0) is 19.1 Å². The van der Waals surface area contributed by atoms with Crippen molar-refractivity contribution in [1.82, 2.24) is 5.32 Å². The van der Waals surface area contributed by atoms with Crippen LogP contribution in [0.15, 0.2) is 18.2 Å². The number of rotatable bonds is 4. The van der Waals surface area contributed by atoms with Gasteiger partial charge in [-0.15, -0.1) is 0 Å². The van der Waals surface area contributed by atoms with Gasteiger partial charge in [-0.3, -0.25) is 9.59 Å². The molecule has 2 amide bonds. The smallest absolute Gasteiger partial charge is 0.329 e. The van der Waals surface area contributed by atoms with E-state index < -0.39 is 35.7 Å². The van der Waals surface area contributed by atoms with E-state index in [-0.39, 0.29) is 18.0 Å². The molecule has 0 aliphatic carbocycles. The Morgan fingerprint density at radius 3 is 2.73 bits per heavy atom. The largest absolute Gasteiger partial charge is 0.451 e. The van der Waals surface area contributed by atoms with Crippen LogP contribution >= 0.6 is 0 Å². The first kappa shape index (κ1) is 15.9. The van der Waals surface area contributed by atoms with E-state index in [1.165, 1.54) is 6.92 Å². The van der Waals surface area contributed by atoms with Crippen molar-refractivity contribution in [2.75, 3.05) is 5.32 Å². The molecule has 22 heavy (non-hydrogen) atoms. The zero-order valence-electron chi connectivity index (χ0n) is 11.7. The van der Waals surface area contributed by atoms with Crippen LogP contribution in [0.5, 0.6) is 0 Å². The Morgan fingerprint density at radius 2 is 2.14 bits per heavy atom. The van der Waals surface area contributed by atoms with Gasteiger partial charge in [-0.25, -0.2) is 13.6 Å². The number of esters is 1. The molecule has 1 aromatic carbocycles. The number of amides is 2. The first-order chi connectivity index (χ1) is 10.4. The lowest BCUT2D eigenvalue weighted by Gasteiger charge is -2.16. The van der Waals surface area contributed by atoms with Crippen molar-refractivity contribution in [2.24, 2.45) is 0 Å². The number of hydrogen-bond acceptors (Lipinski definition) is 4. The van der Waals surface area contributed by atoms with Gasteiger partial charge in [-0.2, -0.15) is 0 Å². The summed E-state index contributed by atoms with van der Waals surface area (Å²) in [5, 5.41) is 4.61. The summed E-state index contributed by atoms with van der Waals surface area (Å²) in [5.74, 6) is -3.45. The van der Waals surface area contributed by atoms with Crippen LogP contribution in [0.1, 0.15) is 19.8 Å². The molecular formula is C14H14F2N2O4. The molecule has 6 nitrogen and oxygen atoms in total. The maximum atomic E-state index is 13.4. The Labute approximate surface area is 124 Å². The SMILES string of the molecule is C[C@H](OC(=O)[C@@H]1CCC(=O)N1)C(=O)Nc1ccc(F)cc1F. The second-order valence-electron chi connectivity index (χ2n) is 4.85. The molecule has 1 heterocycles. The topological polar surface area (TPSA) is 84.5 Å². The monoisotopic (exact) mass is 312 g/mol. The maximum Gasteiger partial charge on any atom is 0.329 e. The normalized spacial score (nSPS) is 18.5. The molecule has 0 bridgehead atoms. The Hall–Kier alpha value is -2.51. The zero-order valence-corrected chi connectivity index (χ0v) is 11.7. The molecule has 0 spiro atoms. The molecule has 0 saturated carbocycles. The standard InChI is InChI=1S/C14H14F2N2O4/c1-7(22-14(21)11-4-5-12(19)17-11)13(20)18-10-3-2-8(15)6-9(10)16/h2-3,6-7,11H,4-5H2,1H3,(H,17,19)(H,18,20)/t7-,11-/m0/s1. The quantitative estimate of drug-likeness (QED) is 0.816. The molecule has 0 radical (unpaired) electrons. The van der Waals surface area contributed by atoms with Crippen LogP contribution in [0.3, 0.4) is 0 Å². The van der Waals surface area contributed by atoms with E-state index in [1.807, 2.05) is 0 Å². The number of nitrogens with one attached hydrogen (secondary N) is 2. The van der Waals surface area contributed by atoms with Crippen LogP contribution in [0.2, 0.25) is 0 Å². The van der Waals surface area contributed by atoms with Gasteiger partial charge in [0.2, 0.25) is 5.91 Å². The van der Waals surface area contributed by atoms with Crippen molar-refractivity contribution in [1.29, 1.82) is 0 Å². The fourth-order valence-corrected chi connectivity index (χ4v) is 1.93. The Balaban J connectivity index is 1.91. The van der Waals surface area contributed by atoms with Gasteiger partial charge in [0.1, 0.15) is 17.7 Å². The molecular weight excluding hydrogens is 298 g/mol. The molecule has 1 aromatic rings. The number of ether oxygens (including phenoxy) is 1. The third-order valence-corrected chi connectivity index (χ3v) is 3.13. The van der Waals surface area contributed by atoms with Gasteiger partial charge in [-0.05, 0) is 25.5 Å². The number of carbonyl (C=O) groups excluding carboxylic acids is 3. The van der Waals surface area contributed by atoms with Crippen LogP contribution in [-0.4, -0.2) is 29.9 Å². The fraction of sp³-hybridized carbons (Fsp3) is 0.357. The molecule has 8 heteroatoms. The second kappa shape index (κ2) is 6.50. The molecule has 2 rings (SSSR count). The van der Waals surface area contributed by atoms with Crippen molar-refractivity contribution in [3.05, 3.63) is 29.8 Å². The maximum absolute atomic E-state index is 13.4. The highest BCUT2D eigenvalue weighted by atomic mass is 19.1. The minimum Gasteiger partial charge on any atom is -0.451 e. The van der Waals surface area contributed by atoms with E-state index in [9.17, 15) is 23.2 Å². The average molecular weight is 312 g/mol. The van der Waals surface area contributed by atoms with Crippen LogP contribution < -0.4 is 10.6 Å². The third-order valence-electron chi connectivity index (χ3n) is 3.13. The molecule has 118 valence electrons. The number of anilines is 1. The summed E-state index contributed by atoms with van der Waals surface area (Å²) in [4.78, 5) is 34.6. The Morgan fingerprint density at radius 1 is 1.41 bits per heavy atom. The van der Waals surface area contributed by atoms with Crippen molar-refractivity contribution in [3.8, 4) is 0 Å². The summed E-state index contributed by atoms with van der Waals surface area (Å²) >= 11 is 0. The number of hydrogen-bond donors (Lipinski definition) is 2. The van der Waals surface area contributed by atoms with E-state index in [2.05, 4.69) is 10.6 Å². The van der Waals surface area contributed by atoms with Crippen LogP contribution in [0.4, 0.5) is 14.5 Å². The lowest BCUT2D eigenvalue weighted by molar-refractivity contribution is -0.155. The Bertz CT molecular complexity index is 621. The van der Waals surface area contributed by atoms with Gasteiger partial charge >= 0.3 is 5.97 Å². The van der Waals surface area contributed by atoms with Crippen molar-refractivity contribution >= 4 is 23.5 Å². The predicted molar refractivity (Wildman–Crippen MR) is 71.7 cm³/mol. The van der Waals surface area contributed by atoms with Gasteiger partial charge in [0, 0.05) is 12.5 Å². The van der Waals surface area contributed by atoms with E-state index in [0.29, 0.717) is 12.5 Å². The summed E-state index contributed by atoms with van der Waals surface area (Å²) < 4.78 is 31.1. The fourth-order valence-electron chi connectivity index (χ4n) is 1.93. The van der Waals surface area contributed by atoms with Crippen molar-refractivity contribution in [2.45, 2.75) is 31.9 Å². The first-order valence-electron chi connectivity index (χ1n) is 6.62. The summed E-state index contributed by atoms with van der Waals surface area (Å²) in [6, 6.07) is 1.91. The van der Waals surface area contributed by atoms with Gasteiger partial charge in [0.25, 0.3) is 5.91 Å². The molecule has 1 saturated heterocycles. The molecule has 1 fully saturated rings. The number of halogens is 2. The lowest BCUT2D eigenvalue weighted by atomic mass is 10.2. The molecule has 2 atom stereocenters. The van der Waals surface area contributed by atoms with E-state index >= 15 is 0 Å². The number of benzene rings is 1. The van der Waals surface area contributed by atoms with E-state index in [0.717, 1.165) is 12.1 Å². The van der Waals surface area contributed by atoms with Gasteiger partial charge in [0.15, 0.2) is 6.10 Å². The highest BCUT2D eigenvalue weighted by Crippen LogP contribution is 2.16. The zero-order chi connectivity index (χ0) is 16.3. The lowest BCUT2D eigenvalue weighted by Crippen LogP contribution is -2.39. The second-order valence-corrected chi connectivity index (χ2v) is 4.85. The van der Waals surface area contributed by atoms with E-state index in [1.54, 1.807) is 0 Å². The van der Waals surface area contributed by atoms with Crippen molar-refractivity contribution < 1.29 is 27.9 Å². The average Bonchev–Trinajstić information content (AvgIpc) is 2.88. The summed E-state index contributed by atoms with van der Waals surface area (Å²) in [6.45, 7) is 1.31. The highest BCUT2D eigenvalue weighted by Gasteiger charge is 2.30. The first-order valence-corrected chi connectivity index (χ1v) is 6.62. The van der Waals surface area contributed by atoms with Crippen molar-refractivity contribution in [3.63, 3.8) is 0 Å². The molecule has 0 aromatic heterocycles. The van der Waals surface area contributed by atoms with Crippen LogP contribution in [0.25, 0.3) is 0 Å². The summed E-state index contributed by atoms with van der Waals surface area (Å²) in [5.41, 5.74) is -0.219. The van der Waals surface area contributed by atoms with Gasteiger partial charge < -0.3 is 15.4 Å². The highest BCUT2D eigenvalue weighted by molar-refractivity contribution is 5.96. The third kappa shape index (κ3) is 3.78. The van der Waals surface area contributed by atoms with E-state index in [4.69, 9.17) is 4.74 Å². The van der Waals surface area contributed by atoms with Gasteiger partial charge in [-0.1, -0.05) is 0 Å². The molecule has 0 unspecified atom stereocenters. The molecule has 2 N–H and O–H groups in total. The van der Waals surface area contributed by atoms with Crippen LogP contribution in [0, 0.1) is 11.6 Å². The minimum absolute atomic E-state index is 0.219. The molecule has 1 aliphatic heterocycles. The summed E-state index contributed by atoms with van der Waals surface area (Å²) in [6.07, 6.45) is -0.658. The predicted octanol–water partition coefficient (Wildman–Crippen LogP) is 1.11. The summed E-state index contributed by atoms with van der Waals surface area (Å²) in [7, 11) is 0. The van der Waals surface area contributed by atoms with Gasteiger partial charge in [0.05, 0.1) is 5.69 Å².